The van der Waals surface area contributed by atoms with E-state index in [1.165, 1.54) is 12.1 Å². The second-order valence-corrected chi connectivity index (χ2v) is 8.50. The Morgan fingerprint density at radius 1 is 0.939 bits per heavy atom. The molecular formula is C24H18N4O5. The summed E-state index contributed by atoms with van der Waals surface area (Å²) < 4.78 is 0. The first kappa shape index (κ1) is 19.4. The van der Waals surface area contributed by atoms with E-state index >= 15 is 0 Å². The number of hydrogen-bond donors (Lipinski definition) is 0. The van der Waals surface area contributed by atoms with E-state index in [1.807, 2.05) is 6.07 Å². The van der Waals surface area contributed by atoms with E-state index in [9.17, 15) is 24.5 Å². The predicted octanol–water partition coefficient (Wildman–Crippen LogP) is 3.18. The molecule has 0 aromatic heterocycles. The summed E-state index contributed by atoms with van der Waals surface area (Å²) >= 11 is 0. The van der Waals surface area contributed by atoms with Gasteiger partial charge >= 0.3 is 6.03 Å². The van der Waals surface area contributed by atoms with Crippen molar-refractivity contribution in [2.75, 3.05) is 11.4 Å². The van der Waals surface area contributed by atoms with Crippen LogP contribution in [0.25, 0.3) is 10.8 Å². The zero-order valence-electron chi connectivity index (χ0n) is 17.3. The molecule has 9 heteroatoms. The van der Waals surface area contributed by atoms with Crippen LogP contribution in [0, 0.1) is 10.1 Å². The van der Waals surface area contributed by atoms with Crippen LogP contribution >= 0.6 is 0 Å². The van der Waals surface area contributed by atoms with E-state index in [-0.39, 0.29) is 17.6 Å². The Morgan fingerprint density at radius 2 is 1.64 bits per heavy atom. The Hall–Kier alpha value is -4.27. The van der Waals surface area contributed by atoms with Crippen LogP contribution in [0.15, 0.2) is 66.7 Å². The average Bonchev–Trinajstić information content (AvgIpc) is 3.50. The highest BCUT2D eigenvalue weighted by molar-refractivity contribution is 6.25. The minimum absolute atomic E-state index is 0.0892. The maximum atomic E-state index is 13.5. The van der Waals surface area contributed by atoms with Crippen LogP contribution in [0.4, 0.5) is 16.2 Å². The normalized spacial score (nSPS) is 23.5. The third-order valence-electron chi connectivity index (χ3n) is 6.86. The number of amides is 4. The maximum absolute atomic E-state index is 13.5. The summed E-state index contributed by atoms with van der Waals surface area (Å²) in [6, 6.07) is 16.5. The molecule has 3 aliphatic rings. The van der Waals surface area contributed by atoms with Crippen molar-refractivity contribution < 1.29 is 19.3 Å². The zero-order valence-corrected chi connectivity index (χ0v) is 17.3. The number of likely N-dealkylation sites (tertiary alicyclic amines) is 1. The van der Waals surface area contributed by atoms with Crippen LogP contribution in [-0.4, -0.2) is 57.2 Å². The number of carbonyl (C=O) groups excluding carboxylic acids is 3. The molecule has 0 radical (unpaired) electrons. The Balaban J connectivity index is 1.38. The minimum atomic E-state index is -0.752. The van der Waals surface area contributed by atoms with Gasteiger partial charge in [0.1, 0.15) is 6.04 Å². The van der Waals surface area contributed by atoms with Crippen molar-refractivity contribution in [3.05, 3.63) is 82.4 Å². The number of piperazine rings is 1. The summed E-state index contributed by atoms with van der Waals surface area (Å²) in [7, 11) is 0. The predicted molar refractivity (Wildman–Crippen MR) is 119 cm³/mol. The molecule has 2 bridgehead atoms. The van der Waals surface area contributed by atoms with E-state index in [0.717, 1.165) is 4.90 Å². The molecule has 3 aromatic rings. The fourth-order valence-electron chi connectivity index (χ4n) is 5.48. The number of carbonyl (C=O) groups is 3. The number of imide groups is 1. The number of hydrogen-bond acceptors (Lipinski definition) is 5. The number of nitrogens with zero attached hydrogens (tertiary/aromatic N) is 4. The number of nitro benzene ring substituents is 1. The van der Waals surface area contributed by atoms with Crippen LogP contribution in [0.5, 0.6) is 0 Å². The molecule has 0 spiro atoms. The van der Waals surface area contributed by atoms with Gasteiger partial charge in [0.05, 0.1) is 28.1 Å². The van der Waals surface area contributed by atoms with Crippen LogP contribution in [0.1, 0.15) is 16.8 Å². The average molecular weight is 442 g/mol. The molecule has 0 N–H and O–H groups in total. The van der Waals surface area contributed by atoms with E-state index in [4.69, 9.17) is 0 Å². The topological polar surface area (TPSA) is 104 Å². The summed E-state index contributed by atoms with van der Waals surface area (Å²) in [5, 5.41) is 12.3. The Labute approximate surface area is 187 Å². The van der Waals surface area contributed by atoms with Gasteiger partial charge in [0, 0.05) is 23.6 Å². The fourth-order valence-corrected chi connectivity index (χ4v) is 5.48. The molecule has 0 saturated carbocycles. The Kier molecular flexibility index (Phi) is 4.04. The van der Waals surface area contributed by atoms with Gasteiger partial charge in [0.25, 0.3) is 17.5 Å². The maximum Gasteiger partial charge on any atom is 0.332 e. The van der Waals surface area contributed by atoms with Crippen molar-refractivity contribution in [2.24, 2.45) is 0 Å². The van der Waals surface area contributed by atoms with Crippen LogP contribution < -0.4 is 4.90 Å². The van der Waals surface area contributed by atoms with Gasteiger partial charge in [-0.05, 0) is 30.7 Å². The summed E-state index contributed by atoms with van der Waals surface area (Å²) in [5.74, 6) is -0.556. The first-order valence-electron chi connectivity index (χ1n) is 10.7. The lowest BCUT2D eigenvalue weighted by Gasteiger charge is -2.34. The molecule has 9 nitrogen and oxygen atoms in total. The molecule has 0 aliphatic carbocycles. The molecular weight excluding hydrogens is 424 g/mol. The molecule has 164 valence electrons. The summed E-state index contributed by atoms with van der Waals surface area (Å²) in [5.41, 5.74) is 0.779. The highest BCUT2D eigenvalue weighted by Gasteiger charge is 2.63. The third-order valence-corrected chi connectivity index (χ3v) is 6.86. The molecule has 3 fully saturated rings. The van der Waals surface area contributed by atoms with Gasteiger partial charge in [-0.15, -0.1) is 0 Å². The number of rotatable bonds is 3. The van der Waals surface area contributed by atoms with Gasteiger partial charge in [-0.2, -0.15) is 0 Å². The van der Waals surface area contributed by atoms with Gasteiger partial charge in [0.15, 0.2) is 0 Å². The van der Waals surface area contributed by atoms with Crippen molar-refractivity contribution >= 4 is 40.0 Å². The van der Waals surface area contributed by atoms with Gasteiger partial charge in [-0.25, -0.2) is 9.69 Å². The lowest BCUT2D eigenvalue weighted by atomic mass is 10.0. The number of nitro groups is 1. The molecule has 3 atom stereocenters. The minimum Gasteiger partial charge on any atom is -0.331 e. The van der Waals surface area contributed by atoms with Gasteiger partial charge in [-0.3, -0.25) is 19.7 Å². The summed E-state index contributed by atoms with van der Waals surface area (Å²) in [4.78, 5) is 55.4. The van der Waals surface area contributed by atoms with Crippen molar-refractivity contribution in [2.45, 2.75) is 24.5 Å². The molecule has 4 amide bonds. The Morgan fingerprint density at radius 3 is 2.36 bits per heavy atom. The lowest BCUT2D eigenvalue weighted by Crippen LogP contribution is -2.54. The summed E-state index contributed by atoms with van der Waals surface area (Å²) in [6.07, 6.45) is 0.565. The highest BCUT2D eigenvalue weighted by Crippen LogP contribution is 2.44. The van der Waals surface area contributed by atoms with E-state index in [2.05, 4.69) is 0 Å². The van der Waals surface area contributed by atoms with Crippen molar-refractivity contribution in [1.82, 2.24) is 9.80 Å². The fraction of sp³-hybridized carbons (Fsp3) is 0.208. The second-order valence-electron chi connectivity index (χ2n) is 8.50. The van der Waals surface area contributed by atoms with Crippen LogP contribution in [0.2, 0.25) is 0 Å². The van der Waals surface area contributed by atoms with Crippen molar-refractivity contribution in [1.29, 1.82) is 0 Å². The molecule has 6 rings (SSSR count). The van der Waals surface area contributed by atoms with Crippen LogP contribution in [0.3, 0.4) is 0 Å². The van der Waals surface area contributed by atoms with Crippen molar-refractivity contribution in [3.8, 4) is 0 Å². The highest BCUT2D eigenvalue weighted by atomic mass is 16.6. The molecule has 3 aliphatic heterocycles. The van der Waals surface area contributed by atoms with E-state index in [0.29, 0.717) is 35.0 Å². The number of urea groups is 1. The lowest BCUT2D eigenvalue weighted by molar-refractivity contribution is -0.383. The van der Waals surface area contributed by atoms with E-state index < -0.39 is 28.9 Å². The van der Waals surface area contributed by atoms with Crippen molar-refractivity contribution in [3.63, 3.8) is 0 Å². The smallest absolute Gasteiger partial charge is 0.331 e. The first-order valence-corrected chi connectivity index (χ1v) is 10.7. The molecule has 3 aromatic carbocycles. The second kappa shape index (κ2) is 6.86. The quantitative estimate of drug-likeness (QED) is 0.352. The van der Waals surface area contributed by atoms with Gasteiger partial charge in [-0.1, -0.05) is 36.4 Å². The third kappa shape index (κ3) is 2.62. The van der Waals surface area contributed by atoms with Gasteiger partial charge in [0.2, 0.25) is 0 Å². The number of anilines is 1. The molecule has 3 saturated heterocycles. The molecule has 3 heterocycles. The first-order chi connectivity index (χ1) is 16.0. The largest absolute Gasteiger partial charge is 0.332 e. The number of fused-ring (bicyclic) bond motifs is 6. The molecule has 3 unspecified atom stereocenters. The number of non-ortho nitro benzene ring substituents is 1. The van der Waals surface area contributed by atoms with Gasteiger partial charge < -0.3 is 9.80 Å². The Bertz CT molecular complexity index is 1360. The monoisotopic (exact) mass is 442 g/mol. The SMILES string of the molecule is O=C1C2C3CC(CN3C(=O)c3ccccc3)N2C(=O)N1c1ccc([N+](=O)[O-])c2ccccc12. The summed E-state index contributed by atoms with van der Waals surface area (Å²) in [6.45, 7) is 0.378. The van der Waals surface area contributed by atoms with Crippen LogP contribution in [-0.2, 0) is 4.79 Å². The zero-order chi connectivity index (χ0) is 22.9. The standard InChI is InChI=1S/C24H18N4O5/c29-22(14-6-2-1-3-7-14)25-13-15-12-20(25)21-23(30)27(24(31)26(15)21)18-10-11-19(28(32)33)17-9-5-4-8-16(17)18/h1-11,15,20-21H,12-13H2. The molecule has 33 heavy (non-hydrogen) atoms. The van der Waals surface area contributed by atoms with E-state index in [1.54, 1.807) is 58.3 Å². The number of benzene rings is 3.